The van der Waals surface area contributed by atoms with Crippen LogP contribution in [0, 0.1) is 11.8 Å². The van der Waals surface area contributed by atoms with E-state index in [1.54, 1.807) is 0 Å². The van der Waals surface area contributed by atoms with E-state index in [1.807, 2.05) is 4.90 Å². The minimum absolute atomic E-state index is 0.210. The van der Waals surface area contributed by atoms with Gasteiger partial charge in [0.1, 0.15) is 0 Å². The van der Waals surface area contributed by atoms with Crippen LogP contribution in [0.3, 0.4) is 0 Å². The van der Waals surface area contributed by atoms with Crippen molar-refractivity contribution < 1.29 is 14.7 Å². The van der Waals surface area contributed by atoms with Gasteiger partial charge in [-0.2, -0.15) is 0 Å². The summed E-state index contributed by atoms with van der Waals surface area (Å²) in [6, 6.07) is 0. The fourth-order valence-electron chi connectivity index (χ4n) is 3.19. The quantitative estimate of drug-likeness (QED) is 0.648. The van der Waals surface area contributed by atoms with E-state index >= 15 is 0 Å². The monoisotopic (exact) mass is 298 g/mol. The Labute approximate surface area is 127 Å². The van der Waals surface area contributed by atoms with Crippen molar-refractivity contribution in [1.29, 1.82) is 0 Å². The third-order valence-corrected chi connectivity index (χ3v) is 4.44. The molecule has 1 amide bonds. The van der Waals surface area contributed by atoms with Crippen molar-refractivity contribution in [2.24, 2.45) is 17.6 Å². The predicted octanol–water partition coefficient (Wildman–Crippen LogP) is 2.25. The zero-order chi connectivity index (χ0) is 15.7. The number of carbonyl (C=O) groups excluding carboxylic acids is 1. The Kier molecular flexibility index (Phi) is 8.35. The highest BCUT2D eigenvalue weighted by Gasteiger charge is 2.26. The lowest BCUT2D eigenvalue weighted by Gasteiger charge is -2.19. The average molecular weight is 298 g/mol. The maximum atomic E-state index is 12.2. The maximum absolute atomic E-state index is 12.2. The Hall–Kier alpha value is -1.10. The summed E-state index contributed by atoms with van der Waals surface area (Å²) in [5, 5.41) is 8.70. The van der Waals surface area contributed by atoms with Crippen LogP contribution in [-0.4, -0.2) is 41.5 Å². The summed E-state index contributed by atoms with van der Waals surface area (Å²) in [5.41, 5.74) is 5.62. The molecule has 1 heterocycles. The molecule has 0 spiro atoms. The van der Waals surface area contributed by atoms with Gasteiger partial charge in [0.15, 0.2) is 0 Å². The molecule has 1 fully saturated rings. The van der Waals surface area contributed by atoms with Crippen LogP contribution < -0.4 is 5.73 Å². The van der Waals surface area contributed by atoms with E-state index < -0.39 is 5.97 Å². The molecule has 3 N–H and O–H groups in total. The molecule has 1 saturated heterocycles. The van der Waals surface area contributed by atoms with Gasteiger partial charge in [-0.3, -0.25) is 9.59 Å². The maximum Gasteiger partial charge on any atom is 0.303 e. The molecule has 2 unspecified atom stereocenters. The first-order valence-corrected chi connectivity index (χ1v) is 8.26. The first kappa shape index (κ1) is 18.0. The lowest BCUT2D eigenvalue weighted by Crippen LogP contribution is -2.29. The first-order chi connectivity index (χ1) is 10.1. The molecule has 0 radical (unpaired) electrons. The van der Waals surface area contributed by atoms with Crippen LogP contribution in [0.2, 0.25) is 0 Å². The van der Waals surface area contributed by atoms with Crippen molar-refractivity contribution >= 4 is 11.9 Å². The highest BCUT2D eigenvalue weighted by Crippen LogP contribution is 2.23. The zero-order valence-corrected chi connectivity index (χ0v) is 13.2. The summed E-state index contributed by atoms with van der Waals surface area (Å²) in [4.78, 5) is 24.7. The van der Waals surface area contributed by atoms with Crippen LogP contribution in [-0.2, 0) is 9.59 Å². The molecular formula is C16H30N2O3. The summed E-state index contributed by atoms with van der Waals surface area (Å²) in [5.74, 6) is 0.407. The number of nitrogens with two attached hydrogens (primary N) is 1. The number of nitrogens with zero attached hydrogens (tertiary/aromatic N) is 1. The van der Waals surface area contributed by atoms with E-state index in [0.717, 1.165) is 45.2 Å². The van der Waals surface area contributed by atoms with E-state index in [4.69, 9.17) is 10.8 Å². The highest BCUT2D eigenvalue weighted by molar-refractivity contribution is 5.76. The Balaban J connectivity index is 2.27. The Bertz CT molecular complexity index is 327. The molecule has 21 heavy (non-hydrogen) atoms. The normalized spacial score (nSPS) is 19.7. The van der Waals surface area contributed by atoms with Crippen molar-refractivity contribution in [3.05, 3.63) is 0 Å². The minimum Gasteiger partial charge on any atom is -0.481 e. The third-order valence-electron chi connectivity index (χ3n) is 4.44. The van der Waals surface area contributed by atoms with E-state index in [9.17, 15) is 9.59 Å². The van der Waals surface area contributed by atoms with Gasteiger partial charge in [0.05, 0.1) is 0 Å². The summed E-state index contributed by atoms with van der Waals surface area (Å²) in [7, 11) is 0. The van der Waals surface area contributed by atoms with Gasteiger partial charge < -0.3 is 15.7 Å². The molecular weight excluding hydrogens is 268 g/mol. The Morgan fingerprint density at radius 2 is 2.05 bits per heavy atom. The highest BCUT2D eigenvalue weighted by atomic mass is 16.4. The fourth-order valence-corrected chi connectivity index (χ4v) is 3.19. The molecule has 1 rings (SSSR count). The summed E-state index contributed by atoms with van der Waals surface area (Å²) in [6.45, 7) is 4.39. The minimum atomic E-state index is -0.746. The molecule has 2 atom stereocenters. The number of carboxylic acid groups (broad SMARTS) is 1. The van der Waals surface area contributed by atoms with E-state index in [-0.39, 0.29) is 12.3 Å². The van der Waals surface area contributed by atoms with Crippen molar-refractivity contribution in [2.45, 2.75) is 58.3 Å². The van der Waals surface area contributed by atoms with E-state index in [2.05, 4.69) is 6.92 Å². The van der Waals surface area contributed by atoms with Crippen molar-refractivity contribution in [2.75, 3.05) is 19.6 Å². The second kappa shape index (κ2) is 9.77. The molecule has 0 bridgehead atoms. The summed E-state index contributed by atoms with van der Waals surface area (Å²) >= 11 is 0. The number of aliphatic carboxylic acids is 1. The van der Waals surface area contributed by atoms with Gasteiger partial charge in [0, 0.05) is 25.9 Å². The fraction of sp³-hybridized carbons (Fsp3) is 0.875. The molecule has 122 valence electrons. The molecule has 1 aliphatic heterocycles. The van der Waals surface area contributed by atoms with Crippen LogP contribution in [0.1, 0.15) is 58.3 Å². The van der Waals surface area contributed by atoms with Crippen LogP contribution in [0.4, 0.5) is 0 Å². The van der Waals surface area contributed by atoms with E-state index in [0.29, 0.717) is 31.2 Å². The summed E-state index contributed by atoms with van der Waals surface area (Å²) < 4.78 is 0. The Morgan fingerprint density at radius 3 is 2.67 bits per heavy atom. The van der Waals surface area contributed by atoms with Gasteiger partial charge >= 0.3 is 5.97 Å². The molecule has 0 aliphatic carbocycles. The van der Waals surface area contributed by atoms with Gasteiger partial charge in [-0.25, -0.2) is 0 Å². The van der Waals surface area contributed by atoms with Crippen LogP contribution in [0.5, 0.6) is 0 Å². The number of carbonyl (C=O) groups is 2. The van der Waals surface area contributed by atoms with Crippen molar-refractivity contribution in [3.8, 4) is 0 Å². The third kappa shape index (κ3) is 6.93. The molecule has 0 aromatic rings. The molecule has 0 aromatic heterocycles. The number of likely N-dealkylation sites (tertiary alicyclic amines) is 1. The topological polar surface area (TPSA) is 83.6 Å². The van der Waals surface area contributed by atoms with Crippen molar-refractivity contribution in [1.82, 2.24) is 4.90 Å². The standard InChI is InChI=1S/C16H30N2O3/c1-2-3-13(8-10-17)4-6-15(19)18-11-9-14(12-18)5-7-16(20)21/h13-14H,2-12,17H2,1H3,(H,20,21). The van der Waals surface area contributed by atoms with Crippen LogP contribution in [0.15, 0.2) is 0 Å². The number of carboxylic acids is 1. The smallest absolute Gasteiger partial charge is 0.303 e. The van der Waals surface area contributed by atoms with Crippen LogP contribution in [0.25, 0.3) is 0 Å². The Morgan fingerprint density at radius 1 is 1.29 bits per heavy atom. The van der Waals surface area contributed by atoms with Gasteiger partial charge in [0.25, 0.3) is 0 Å². The molecule has 0 saturated carbocycles. The number of hydrogen-bond acceptors (Lipinski definition) is 3. The number of hydrogen-bond donors (Lipinski definition) is 2. The number of rotatable bonds is 10. The predicted molar refractivity (Wildman–Crippen MR) is 82.9 cm³/mol. The van der Waals surface area contributed by atoms with Crippen LogP contribution >= 0.6 is 0 Å². The van der Waals surface area contributed by atoms with Gasteiger partial charge in [-0.15, -0.1) is 0 Å². The molecule has 0 aromatic carbocycles. The van der Waals surface area contributed by atoms with Crippen molar-refractivity contribution in [3.63, 3.8) is 0 Å². The lowest BCUT2D eigenvalue weighted by atomic mass is 9.94. The first-order valence-electron chi connectivity index (χ1n) is 8.26. The molecule has 5 heteroatoms. The average Bonchev–Trinajstić information content (AvgIpc) is 2.91. The SMILES string of the molecule is CCCC(CCN)CCC(=O)N1CCC(CCC(=O)O)C1. The number of amides is 1. The van der Waals surface area contributed by atoms with Gasteiger partial charge in [-0.05, 0) is 44.1 Å². The lowest BCUT2D eigenvalue weighted by molar-refractivity contribution is -0.137. The summed E-state index contributed by atoms with van der Waals surface area (Å²) in [6.07, 6.45) is 6.66. The second-order valence-corrected chi connectivity index (χ2v) is 6.20. The van der Waals surface area contributed by atoms with E-state index in [1.165, 1.54) is 0 Å². The largest absolute Gasteiger partial charge is 0.481 e. The molecule has 1 aliphatic rings. The zero-order valence-electron chi connectivity index (χ0n) is 13.2. The second-order valence-electron chi connectivity index (χ2n) is 6.20. The molecule has 5 nitrogen and oxygen atoms in total. The van der Waals surface area contributed by atoms with Gasteiger partial charge in [-0.1, -0.05) is 19.8 Å². The van der Waals surface area contributed by atoms with Gasteiger partial charge in [0.2, 0.25) is 5.91 Å².